The lowest BCUT2D eigenvalue weighted by Gasteiger charge is -2.37. The van der Waals surface area contributed by atoms with Gasteiger partial charge in [0.25, 0.3) is 0 Å². The molecule has 3 rings (SSSR count). The first kappa shape index (κ1) is 13.4. The molecule has 2 atom stereocenters. The van der Waals surface area contributed by atoms with E-state index in [9.17, 15) is 15.2 Å². The third-order valence-electron chi connectivity index (χ3n) is 4.53. The number of aliphatic hydroxyl groups excluding tert-OH is 1. The Balaban J connectivity index is 2.07. The minimum Gasteiger partial charge on any atom is -0.393 e. The van der Waals surface area contributed by atoms with Gasteiger partial charge in [0.2, 0.25) is 5.82 Å². The molecule has 1 aromatic heterocycles. The molecule has 7 heteroatoms. The maximum Gasteiger partial charge on any atom is 0.334 e. The smallest absolute Gasteiger partial charge is 0.334 e. The highest BCUT2D eigenvalue weighted by molar-refractivity contribution is 5.63. The molecule has 0 saturated carbocycles. The van der Waals surface area contributed by atoms with Crippen LogP contribution in [-0.4, -0.2) is 38.0 Å². The Kier molecular flexibility index (Phi) is 3.16. The summed E-state index contributed by atoms with van der Waals surface area (Å²) >= 11 is 0. The average Bonchev–Trinajstić information content (AvgIpc) is 2.84. The van der Waals surface area contributed by atoms with Gasteiger partial charge in [0.05, 0.1) is 11.0 Å². The number of nitrogens with zero attached hydrogens (tertiary/aromatic N) is 4. The first-order valence-electron chi connectivity index (χ1n) is 7.19. The highest BCUT2D eigenvalue weighted by Gasteiger charge is 2.45. The van der Waals surface area contributed by atoms with Crippen LogP contribution in [0.2, 0.25) is 0 Å². The molecule has 7 nitrogen and oxygen atoms in total. The van der Waals surface area contributed by atoms with E-state index >= 15 is 0 Å². The molecule has 20 heavy (non-hydrogen) atoms. The lowest BCUT2D eigenvalue weighted by Crippen LogP contribution is -2.45. The van der Waals surface area contributed by atoms with Crippen molar-refractivity contribution in [3.05, 3.63) is 15.8 Å². The van der Waals surface area contributed by atoms with Gasteiger partial charge in [-0.2, -0.15) is 5.10 Å². The van der Waals surface area contributed by atoms with E-state index in [-0.39, 0.29) is 28.8 Å². The molecule has 1 aromatic rings. The first-order valence-corrected chi connectivity index (χ1v) is 7.19. The molecule has 2 fully saturated rings. The summed E-state index contributed by atoms with van der Waals surface area (Å²) < 4.78 is 1.64. The fraction of sp³-hybridized carbons (Fsp3) is 0.769. The van der Waals surface area contributed by atoms with Gasteiger partial charge in [0.1, 0.15) is 5.69 Å². The Morgan fingerprint density at radius 3 is 2.50 bits per heavy atom. The molecule has 1 N–H and O–H groups in total. The van der Waals surface area contributed by atoms with E-state index in [1.807, 2.05) is 6.92 Å². The molecule has 0 radical (unpaired) electrons. The van der Waals surface area contributed by atoms with Crippen LogP contribution in [0.15, 0.2) is 0 Å². The van der Waals surface area contributed by atoms with Crippen LogP contribution in [0.5, 0.6) is 0 Å². The molecular formula is C13H20N4O3. The summed E-state index contributed by atoms with van der Waals surface area (Å²) in [5.74, 6) is 0.617. The molecule has 110 valence electrons. The minimum atomic E-state index is -0.314. The van der Waals surface area contributed by atoms with Crippen molar-refractivity contribution in [3.63, 3.8) is 0 Å². The number of anilines is 1. The van der Waals surface area contributed by atoms with Crippen molar-refractivity contribution in [2.75, 3.05) is 4.90 Å². The molecule has 0 spiro atoms. The monoisotopic (exact) mass is 280 g/mol. The SMILES string of the molecule is CCc1nn(C)c(N2C3CCC2CC(O)C3)c1[N+](=O)[O-]. The van der Waals surface area contributed by atoms with Crippen molar-refractivity contribution >= 4 is 11.5 Å². The van der Waals surface area contributed by atoms with E-state index in [2.05, 4.69) is 10.00 Å². The molecule has 2 bridgehead atoms. The molecule has 0 aromatic carbocycles. The van der Waals surface area contributed by atoms with Crippen molar-refractivity contribution in [3.8, 4) is 0 Å². The molecular weight excluding hydrogens is 260 g/mol. The maximum atomic E-state index is 11.4. The Morgan fingerprint density at radius 1 is 1.40 bits per heavy atom. The van der Waals surface area contributed by atoms with Gasteiger partial charge in [-0.15, -0.1) is 0 Å². The lowest BCUT2D eigenvalue weighted by atomic mass is 10.00. The van der Waals surface area contributed by atoms with Crippen LogP contribution >= 0.6 is 0 Å². The highest BCUT2D eigenvalue weighted by Crippen LogP contribution is 2.43. The van der Waals surface area contributed by atoms with Crippen molar-refractivity contribution < 1.29 is 10.0 Å². The van der Waals surface area contributed by atoms with E-state index in [0.717, 1.165) is 12.8 Å². The third-order valence-corrected chi connectivity index (χ3v) is 4.53. The summed E-state index contributed by atoms with van der Waals surface area (Å²) in [4.78, 5) is 13.3. The maximum absolute atomic E-state index is 11.4. The van der Waals surface area contributed by atoms with Crippen LogP contribution < -0.4 is 4.90 Å². The number of aryl methyl sites for hydroxylation is 2. The summed E-state index contributed by atoms with van der Waals surface area (Å²) in [5.41, 5.74) is 0.682. The topological polar surface area (TPSA) is 84.4 Å². The van der Waals surface area contributed by atoms with Gasteiger partial charge in [-0.25, -0.2) is 4.68 Å². The second-order valence-corrected chi connectivity index (χ2v) is 5.77. The fourth-order valence-electron chi connectivity index (χ4n) is 3.77. The highest BCUT2D eigenvalue weighted by atomic mass is 16.6. The molecule has 2 unspecified atom stereocenters. The zero-order valence-electron chi connectivity index (χ0n) is 11.8. The zero-order valence-corrected chi connectivity index (χ0v) is 11.8. The number of aliphatic hydroxyl groups is 1. The quantitative estimate of drug-likeness (QED) is 0.668. The molecule has 0 amide bonds. The Bertz CT molecular complexity index is 528. The summed E-state index contributed by atoms with van der Waals surface area (Å²) in [6.45, 7) is 1.88. The number of piperidine rings is 1. The third kappa shape index (κ3) is 1.88. The second-order valence-electron chi connectivity index (χ2n) is 5.77. The summed E-state index contributed by atoms with van der Waals surface area (Å²) in [6.07, 6.45) is 3.65. The van der Waals surface area contributed by atoms with Crippen LogP contribution in [0.25, 0.3) is 0 Å². The van der Waals surface area contributed by atoms with E-state index in [1.165, 1.54) is 0 Å². The van der Waals surface area contributed by atoms with Crippen LogP contribution in [0, 0.1) is 10.1 Å². The first-order chi connectivity index (χ1) is 9.52. The Labute approximate surface area is 117 Å². The number of fused-ring (bicyclic) bond motifs is 2. The predicted octanol–water partition coefficient (Wildman–Crippen LogP) is 1.38. The van der Waals surface area contributed by atoms with Gasteiger partial charge in [0, 0.05) is 19.1 Å². The largest absolute Gasteiger partial charge is 0.393 e. The van der Waals surface area contributed by atoms with E-state index < -0.39 is 0 Å². The molecule has 3 heterocycles. The van der Waals surface area contributed by atoms with Gasteiger partial charge in [-0.05, 0) is 32.1 Å². The second kappa shape index (κ2) is 4.73. The van der Waals surface area contributed by atoms with Gasteiger partial charge in [0.15, 0.2) is 0 Å². The van der Waals surface area contributed by atoms with Crippen LogP contribution in [0.3, 0.4) is 0 Å². The standard InChI is InChI=1S/C13H20N4O3/c1-3-11-12(17(19)20)13(15(2)14-11)16-8-4-5-9(16)7-10(18)6-8/h8-10,18H,3-7H2,1-2H3. The lowest BCUT2D eigenvalue weighted by molar-refractivity contribution is -0.384. The van der Waals surface area contributed by atoms with Crippen LogP contribution in [0.1, 0.15) is 38.3 Å². The number of rotatable bonds is 3. The van der Waals surface area contributed by atoms with Gasteiger partial charge >= 0.3 is 5.69 Å². The van der Waals surface area contributed by atoms with E-state index in [4.69, 9.17) is 0 Å². The number of nitro groups is 1. The van der Waals surface area contributed by atoms with Crippen molar-refractivity contribution in [2.24, 2.45) is 7.05 Å². The Hall–Kier alpha value is -1.63. The molecule has 0 aliphatic carbocycles. The minimum absolute atomic E-state index is 0.142. The normalized spacial score (nSPS) is 28.9. The zero-order chi connectivity index (χ0) is 14.4. The van der Waals surface area contributed by atoms with E-state index in [0.29, 0.717) is 30.8 Å². The summed E-state index contributed by atoms with van der Waals surface area (Å²) in [6, 6.07) is 0.394. The Morgan fingerprint density at radius 2 is 2.00 bits per heavy atom. The summed E-state index contributed by atoms with van der Waals surface area (Å²) in [7, 11) is 1.77. The van der Waals surface area contributed by atoms with Crippen LogP contribution in [0.4, 0.5) is 11.5 Å². The van der Waals surface area contributed by atoms with Crippen molar-refractivity contribution in [1.82, 2.24) is 9.78 Å². The van der Waals surface area contributed by atoms with E-state index in [1.54, 1.807) is 11.7 Å². The van der Waals surface area contributed by atoms with Crippen molar-refractivity contribution in [1.29, 1.82) is 0 Å². The fourth-order valence-corrected chi connectivity index (χ4v) is 3.77. The molecule has 2 aliphatic rings. The van der Waals surface area contributed by atoms with Gasteiger partial charge in [-0.1, -0.05) is 6.92 Å². The van der Waals surface area contributed by atoms with Gasteiger partial charge in [-0.3, -0.25) is 10.1 Å². The summed E-state index contributed by atoms with van der Waals surface area (Å²) in [5, 5.41) is 25.6. The number of hydrogen-bond acceptors (Lipinski definition) is 5. The van der Waals surface area contributed by atoms with Crippen molar-refractivity contribution in [2.45, 2.75) is 57.2 Å². The van der Waals surface area contributed by atoms with Gasteiger partial charge < -0.3 is 10.0 Å². The predicted molar refractivity (Wildman–Crippen MR) is 73.8 cm³/mol. The number of hydrogen-bond donors (Lipinski definition) is 1. The molecule has 2 saturated heterocycles. The van der Waals surface area contributed by atoms with Crippen LogP contribution in [-0.2, 0) is 13.5 Å². The molecule has 2 aliphatic heterocycles. The average molecular weight is 280 g/mol. The number of aromatic nitrogens is 2.